The third-order valence-corrected chi connectivity index (χ3v) is 6.52. The highest BCUT2D eigenvalue weighted by Crippen LogP contribution is 2.61. The SMILES string of the molecule is O=C(SCc1ccco1)C12CC3CC(CC(C3)C1)C2. The van der Waals surface area contributed by atoms with E-state index < -0.39 is 0 Å². The van der Waals surface area contributed by atoms with E-state index in [4.69, 9.17) is 4.42 Å². The standard InChI is InChI=1S/C16H20O2S/c17-15(19-10-14-2-1-3-18-14)16-7-11-4-12(8-16)6-13(5-11)9-16/h1-3,11-13H,4-10H2. The molecule has 0 atom stereocenters. The molecule has 0 aromatic carbocycles. The van der Waals surface area contributed by atoms with Crippen LogP contribution in [-0.2, 0) is 10.5 Å². The third-order valence-electron chi connectivity index (χ3n) is 5.40. The summed E-state index contributed by atoms with van der Waals surface area (Å²) < 4.78 is 5.33. The second-order valence-electron chi connectivity index (χ2n) is 6.85. The number of carbonyl (C=O) groups is 1. The molecule has 0 spiro atoms. The molecule has 0 unspecified atom stereocenters. The fraction of sp³-hybridized carbons (Fsp3) is 0.688. The second-order valence-corrected chi connectivity index (χ2v) is 7.80. The molecule has 19 heavy (non-hydrogen) atoms. The van der Waals surface area contributed by atoms with E-state index in [9.17, 15) is 4.79 Å². The van der Waals surface area contributed by atoms with Crippen LogP contribution in [0.2, 0.25) is 0 Å². The summed E-state index contributed by atoms with van der Waals surface area (Å²) in [5.74, 6) is 4.16. The van der Waals surface area contributed by atoms with Crippen molar-refractivity contribution >= 4 is 16.9 Å². The average Bonchev–Trinajstić information content (AvgIpc) is 2.87. The highest BCUT2D eigenvalue weighted by atomic mass is 32.2. The van der Waals surface area contributed by atoms with E-state index in [0.717, 1.165) is 23.5 Å². The third kappa shape index (κ3) is 2.06. The van der Waals surface area contributed by atoms with Crippen LogP contribution < -0.4 is 0 Å². The van der Waals surface area contributed by atoms with E-state index >= 15 is 0 Å². The smallest absolute Gasteiger partial charge is 0.195 e. The van der Waals surface area contributed by atoms with Gasteiger partial charge in [-0.1, -0.05) is 11.8 Å². The Balaban J connectivity index is 1.47. The monoisotopic (exact) mass is 276 g/mol. The fourth-order valence-electron chi connectivity index (χ4n) is 5.05. The van der Waals surface area contributed by atoms with Crippen molar-refractivity contribution in [3.63, 3.8) is 0 Å². The first kappa shape index (κ1) is 12.1. The molecule has 0 aliphatic heterocycles. The van der Waals surface area contributed by atoms with Crippen LogP contribution in [0.15, 0.2) is 22.8 Å². The van der Waals surface area contributed by atoms with Crippen molar-refractivity contribution in [3.8, 4) is 0 Å². The summed E-state index contributed by atoms with van der Waals surface area (Å²) in [4.78, 5) is 12.7. The predicted molar refractivity (Wildman–Crippen MR) is 75.6 cm³/mol. The molecule has 2 nitrogen and oxygen atoms in total. The van der Waals surface area contributed by atoms with Gasteiger partial charge >= 0.3 is 0 Å². The molecule has 4 bridgehead atoms. The quantitative estimate of drug-likeness (QED) is 0.826. The van der Waals surface area contributed by atoms with Gasteiger partial charge in [0.05, 0.1) is 12.0 Å². The first-order valence-electron chi connectivity index (χ1n) is 7.43. The normalized spacial score (nSPS) is 39.7. The van der Waals surface area contributed by atoms with E-state index in [1.54, 1.807) is 6.26 Å². The number of hydrogen-bond donors (Lipinski definition) is 0. The van der Waals surface area contributed by atoms with E-state index in [1.807, 2.05) is 12.1 Å². The van der Waals surface area contributed by atoms with Crippen molar-refractivity contribution in [2.24, 2.45) is 23.2 Å². The van der Waals surface area contributed by atoms with Crippen LogP contribution in [-0.4, -0.2) is 5.12 Å². The molecular formula is C16H20O2S. The lowest BCUT2D eigenvalue weighted by Crippen LogP contribution is -2.49. The fourth-order valence-corrected chi connectivity index (χ4v) is 6.04. The van der Waals surface area contributed by atoms with Gasteiger partial charge in [0.2, 0.25) is 0 Å². The molecule has 3 heteroatoms. The molecule has 4 aliphatic carbocycles. The molecule has 102 valence electrons. The Labute approximate surface area is 118 Å². The van der Waals surface area contributed by atoms with Crippen molar-refractivity contribution in [1.82, 2.24) is 0 Å². The van der Waals surface area contributed by atoms with Crippen LogP contribution in [0.4, 0.5) is 0 Å². The molecule has 5 rings (SSSR count). The first-order valence-corrected chi connectivity index (χ1v) is 8.42. The molecule has 1 aromatic rings. The summed E-state index contributed by atoms with van der Waals surface area (Å²) in [6.45, 7) is 0. The van der Waals surface area contributed by atoms with Crippen molar-refractivity contribution in [2.75, 3.05) is 0 Å². The molecule has 0 amide bonds. The van der Waals surface area contributed by atoms with Crippen molar-refractivity contribution in [2.45, 2.75) is 44.3 Å². The Bertz CT molecular complexity index is 442. The van der Waals surface area contributed by atoms with Crippen molar-refractivity contribution < 1.29 is 9.21 Å². The summed E-state index contributed by atoms with van der Waals surface area (Å²) in [6.07, 6.45) is 9.39. The molecule has 4 aliphatic rings. The summed E-state index contributed by atoms with van der Waals surface area (Å²) in [5.41, 5.74) is 0.0337. The van der Waals surface area contributed by atoms with Crippen LogP contribution in [0.5, 0.6) is 0 Å². The minimum atomic E-state index is 0.0337. The minimum Gasteiger partial charge on any atom is -0.468 e. The van der Waals surface area contributed by atoms with Gasteiger partial charge in [-0.3, -0.25) is 4.79 Å². The molecule has 1 heterocycles. The van der Waals surface area contributed by atoms with Crippen LogP contribution in [0, 0.1) is 23.2 Å². The number of rotatable bonds is 3. The van der Waals surface area contributed by atoms with Gasteiger partial charge in [-0.15, -0.1) is 0 Å². The van der Waals surface area contributed by atoms with E-state index in [2.05, 4.69) is 0 Å². The molecular weight excluding hydrogens is 256 g/mol. The van der Waals surface area contributed by atoms with Crippen LogP contribution in [0.1, 0.15) is 44.3 Å². The highest BCUT2D eigenvalue weighted by Gasteiger charge is 2.54. The number of furan rings is 1. The molecule has 0 N–H and O–H groups in total. The molecule has 0 saturated heterocycles. The maximum atomic E-state index is 12.7. The Morgan fingerprint density at radius 2 is 1.84 bits per heavy atom. The molecule has 1 aromatic heterocycles. The topological polar surface area (TPSA) is 30.2 Å². The summed E-state index contributed by atoms with van der Waals surface area (Å²) in [6, 6.07) is 3.85. The Morgan fingerprint density at radius 1 is 1.21 bits per heavy atom. The summed E-state index contributed by atoms with van der Waals surface area (Å²) >= 11 is 1.49. The lowest BCUT2D eigenvalue weighted by molar-refractivity contribution is -0.134. The zero-order valence-electron chi connectivity index (χ0n) is 11.1. The minimum absolute atomic E-state index is 0.0337. The van der Waals surface area contributed by atoms with E-state index in [1.165, 1.54) is 50.3 Å². The Kier molecular flexibility index (Phi) is 2.80. The summed E-state index contributed by atoms with van der Waals surface area (Å²) in [5, 5.41) is 0.447. The van der Waals surface area contributed by atoms with Gasteiger partial charge < -0.3 is 4.42 Å². The van der Waals surface area contributed by atoms with Gasteiger partial charge in [0.25, 0.3) is 0 Å². The van der Waals surface area contributed by atoms with E-state index in [-0.39, 0.29) is 5.41 Å². The van der Waals surface area contributed by atoms with Gasteiger partial charge in [-0.05, 0) is 68.4 Å². The van der Waals surface area contributed by atoms with Gasteiger partial charge in [0.15, 0.2) is 5.12 Å². The lowest BCUT2D eigenvalue weighted by Gasteiger charge is -2.55. The maximum absolute atomic E-state index is 12.7. The molecule has 4 saturated carbocycles. The number of thioether (sulfide) groups is 1. The Morgan fingerprint density at radius 3 is 2.37 bits per heavy atom. The van der Waals surface area contributed by atoms with Gasteiger partial charge in [-0.2, -0.15) is 0 Å². The van der Waals surface area contributed by atoms with Crippen LogP contribution in [0.3, 0.4) is 0 Å². The number of carbonyl (C=O) groups excluding carboxylic acids is 1. The van der Waals surface area contributed by atoms with Gasteiger partial charge in [0.1, 0.15) is 5.76 Å². The van der Waals surface area contributed by atoms with Gasteiger partial charge in [0, 0.05) is 5.41 Å². The first-order chi connectivity index (χ1) is 9.23. The zero-order chi connectivity index (χ0) is 12.9. The van der Waals surface area contributed by atoms with Crippen molar-refractivity contribution in [1.29, 1.82) is 0 Å². The predicted octanol–water partition coefficient (Wildman–Crippen LogP) is 4.26. The van der Waals surface area contributed by atoms with Crippen LogP contribution in [0.25, 0.3) is 0 Å². The van der Waals surface area contributed by atoms with E-state index in [0.29, 0.717) is 10.9 Å². The maximum Gasteiger partial charge on any atom is 0.195 e. The summed E-state index contributed by atoms with van der Waals surface area (Å²) in [7, 11) is 0. The molecule has 4 fully saturated rings. The zero-order valence-corrected chi connectivity index (χ0v) is 12.0. The Hall–Kier alpha value is -0.700. The molecule has 0 radical (unpaired) electrons. The van der Waals surface area contributed by atoms with Crippen LogP contribution >= 0.6 is 11.8 Å². The van der Waals surface area contributed by atoms with Crippen molar-refractivity contribution in [3.05, 3.63) is 24.2 Å². The van der Waals surface area contributed by atoms with Gasteiger partial charge in [-0.25, -0.2) is 0 Å². The average molecular weight is 276 g/mol. The number of hydrogen-bond acceptors (Lipinski definition) is 3. The lowest BCUT2D eigenvalue weighted by atomic mass is 9.50. The largest absolute Gasteiger partial charge is 0.468 e. The highest BCUT2D eigenvalue weighted by molar-refractivity contribution is 8.13. The second kappa shape index (κ2) is 4.41.